The number of thiophene rings is 2. The van der Waals surface area contributed by atoms with Crippen molar-refractivity contribution in [2.24, 2.45) is 0 Å². The Bertz CT molecular complexity index is 358. The molecule has 0 saturated carbocycles. The molecule has 2 aromatic heterocycles. The predicted octanol–water partition coefficient (Wildman–Crippen LogP) is 3.62. The van der Waals surface area contributed by atoms with Gasteiger partial charge in [0.1, 0.15) is 0 Å². The summed E-state index contributed by atoms with van der Waals surface area (Å²) < 4.78 is 0.961. The molecule has 0 aromatic carbocycles. The molecule has 0 fully saturated rings. The van der Waals surface area contributed by atoms with E-state index in [0.717, 1.165) is 15.0 Å². The van der Waals surface area contributed by atoms with Crippen molar-refractivity contribution in [3.8, 4) is 11.1 Å². The van der Waals surface area contributed by atoms with E-state index in [1.54, 1.807) is 11.3 Å². The third-order valence-corrected chi connectivity index (χ3v) is 3.80. The van der Waals surface area contributed by atoms with E-state index in [9.17, 15) is 0 Å². The van der Waals surface area contributed by atoms with E-state index in [1.165, 1.54) is 16.9 Å². The second kappa shape index (κ2) is 3.20. The van der Waals surface area contributed by atoms with Gasteiger partial charge in [-0.1, -0.05) is 0 Å². The van der Waals surface area contributed by atoms with E-state index in [1.807, 2.05) is 5.38 Å². The molecule has 0 aliphatic heterocycles. The summed E-state index contributed by atoms with van der Waals surface area (Å²) in [5, 5.41) is 8.00. The van der Waals surface area contributed by atoms with Crippen LogP contribution in [0, 0.1) is 5.38 Å². The van der Waals surface area contributed by atoms with Crippen molar-refractivity contribution < 1.29 is 0 Å². The largest absolute Gasteiger partial charge is 0.390 e. The summed E-state index contributed by atoms with van der Waals surface area (Å²) in [6.07, 6.45) is 0. The van der Waals surface area contributed by atoms with Crippen LogP contribution in [0.2, 0.25) is 0 Å². The molecule has 0 amide bonds. The van der Waals surface area contributed by atoms with E-state index in [0.29, 0.717) is 0 Å². The van der Waals surface area contributed by atoms with E-state index in [4.69, 9.17) is 5.73 Å². The first-order valence-corrected chi connectivity index (χ1v) is 5.82. The molecule has 1 radical (unpaired) electrons. The van der Waals surface area contributed by atoms with Crippen LogP contribution in [0.25, 0.3) is 11.1 Å². The summed E-state index contributed by atoms with van der Waals surface area (Å²) in [5.74, 6) is 0. The van der Waals surface area contributed by atoms with Gasteiger partial charge in [-0.25, -0.2) is 0 Å². The monoisotopic (exact) mass is 258 g/mol. The number of rotatable bonds is 1. The highest BCUT2D eigenvalue weighted by Gasteiger charge is 2.09. The number of nitrogens with two attached hydrogens (primary N) is 1. The Morgan fingerprint density at radius 1 is 1.50 bits per heavy atom. The minimum absolute atomic E-state index is 0.820. The Kier molecular flexibility index (Phi) is 2.21. The van der Waals surface area contributed by atoms with Crippen LogP contribution in [0.15, 0.2) is 21.3 Å². The molecule has 2 aromatic rings. The first-order chi connectivity index (χ1) is 5.79. The summed E-state index contributed by atoms with van der Waals surface area (Å²) in [4.78, 5) is 0. The lowest BCUT2D eigenvalue weighted by atomic mass is 10.2. The van der Waals surface area contributed by atoms with Gasteiger partial charge in [-0.3, -0.25) is 0 Å². The van der Waals surface area contributed by atoms with Gasteiger partial charge in [0, 0.05) is 10.0 Å². The van der Waals surface area contributed by atoms with Gasteiger partial charge in [-0.05, 0) is 38.3 Å². The van der Waals surface area contributed by atoms with Crippen LogP contribution < -0.4 is 5.73 Å². The van der Waals surface area contributed by atoms with Crippen molar-refractivity contribution in [2.75, 3.05) is 5.73 Å². The van der Waals surface area contributed by atoms with Crippen LogP contribution in [0.1, 0.15) is 0 Å². The van der Waals surface area contributed by atoms with Crippen LogP contribution in [0.5, 0.6) is 0 Å². The average molecular weight is 259 g/mol. The third kappa shape index (κ3) is 1.30. The minimum atomic E-state index is 0.820. The van der Waals surface area contributed by atoms with E-state index in [-0.39, 0.29) is 0 Å². The van der Waals surface area contributed by atoms with Gasteiger partial charge >= 0.3 is 0 Å². The highest BCUT2D eigenvalue weighted by atomic mass is 79.9. The van der Waals surface area contributed by atoms with E-state index in [2.05, 4.69) is 32.8 Å². The molecule has 1 nitrogen and oxygen atoms in total. The maximum absolute atomic E-state index is 5.79. The van der Waals surface area contributed by atoms with Crippen molar-refractivity contribution in [1.82, 2.24) is 0 Å². The van der Waals surface area contributed by atoms with Gasteiger partial charge in [-0.15, -0.1) is 11.3 Å². The summed E-state index contributed by atoms with van der Waals surface area (Å²) in [7, 11) is 0. The SMILES string of the molecule is Nc1s[c]c(Br)c1-c1ccsc1. The standard InChI is InChI=1S/C8H5BrNS2/c9-6-4-12-8(10)7(6)5-1-2-11-3-5/h1-3H,10H2. The molecule has 61 valence electrons. The highest BCUT2D eigenvalue weighted by molar-refractivity contribution is 9.10. The molecule has 0 aliphatic carbocycles. The van der Waals surface area contributed by atoms with Gasteiger partial charge in [0.25, 0.3) is 0 Å². The second-order valence-corrected chi connectivity index (χ2v) is 4.69. The minimum Gasteiger partial charge on any atom is -0.390 e. The van der Waals surface area contributed by atoms with Gasteiger partial charge < -0.3 is 5.73 Å². The zero-order valence-electron chi connectivity index (χ0n) is 6.00. The van der Waals surface area contributed by atoms with E-state index >= 15 is 0 Å². The van der Waals surface area contributed by atoms with E-state index < -0.39 is 0 Å². The Morgan fingerprint density at radius 2 is 2.33 bits per heavy atom. The lowest BCUT2D eigenvalue weighted by Gasteiger charge is -1.95. The number of anilines is 1. The van der Waals surface area contributed by atoms with Crippen LogP contribution >= 0.6 is 38.6 Å². The maximum atomic E-state index is 5.79. The normalized spacial score (nSPS) is 10.4. The topological polar surface area (TPSA) is 26.0 Å². The van der Waals surface area contributed by atoms with Crippen LogP contribution in [0.3, 0.4) is 0 Å². The molecule has 0 atom stereocenters. The molecule has 0 aliphatic rings. The van der Waals surface area contributed by atoms with Crippen LogP contribution in [-0.2, 0) is 0 Å². The Hall–Kier alpha value is -0.320. The van der Waals surface area contributed by atoms with Crippen molar-refractivity contribution in [2.45, 2.75) is 0 Å². The molecule has 2 heterocycles. The first kappa shape index (κ1) is 8.29. The molecule has 0 spiro atoms. The van der Waals surface area contributed by atoms with Gasteiger partial charge in [-0.2, -0.15) is 11.3 Å². The van der Waals surface area contributed by atoms with Gasteiger partial charge in [0.15, 0.2) is 0 Å². The molecular formula is C8H5BrNS2. The number of halogens is 1. The fourth-order valence-electron chi connectivity index (χ4n) is 0.986. The zero-order valence-corrected chi connectivity index (χ0v) is 9.22. The fraction of sp³-hybridized carbons (Fsp3) is 0. The highest BCUT2D eigenvalue weighted by Crippen LogP contribution is 2.38. The van der Waals surface area contributed by atoms with Crippen LogP contribution in [-0.4, -0.2) is 0 Å². The van der Waals surface area contributed by atoms with Crippen molar-refractivity contribution in [3.05, 3.63) is 26.7 Å². The summed E-state index contributed by atoms with van der Waals surface area (Å²) in [6.45, 7) is 0. The number of nitrogen functional groups attached to an aromatic ring is 1. The molecule has 0 unspecified atom stereocenters. The maximum Gasteiger partial charge on any atom is 0.0955 e. The van der Waals surface area contributed by atoms with Crippen LogP contribution in [0.4, 0.5) is 5.00 Å². The molecular weight excluding hydrogens is 254 g/mol. The van der Waals surface area contributed by atoms with Crippen molar-refractivity contribution >= 4 is 43.6 Å². The Morgan fingerprint density at radius 3 is 2.83 bits per heavy atom. The molecule has 2 rings (SSSR count). The molecule has 4 heteroatoms. The number of hydrogen-bond acceptors (Lipinski definition) is 3. The van der Waals surface area contributed by atoms with Gasteiger partial charge in [0.2, 0.25) is 0 Å². The third-order valence-electron chi connectivity index (χ3n) is 1.53. The van der Waals surface area contributed by atoms with Crippen molar-refractivity contribution in [1.29, 1.82) is 0 Å². The Balaban J connectivity index is 2.60. The van der Waals surface area contributed by atoms with Gasteiger partial charge in [0.05, 0.1) is 10.4 Å². The zero-order chi connectivity index (χ0) is 8.55. The molecule has 2 N–H and O–H groups in total. The second-order valence-electron chi connectivity index (χ2n) is 2.27. The quantitative estimate of drug-likeness (QED) is 0.831. The predicted molar refractivity (Wildman–Crippen MR) is 58.6 cm³/mol. The summed E-state index contributed by atoms with van der Waals surface area (Å²) in [5.41, 5.74) is 8.03. The smallest absolute Gasteiger partial charge is 0.0955 e. The number of hydrogen-bond donors (Lipinski definition) is 1. The summed E-state index contributed by atoms with van der Waals surface area (Å²) in [6, 6.07) is 2.06. The lowest BCUT2D eigenvalue weighted by molar-refractivity contribution is 1.76. The Labute approximate surface area is 87.0 Å². The first-order valence-electron chi connectivity index (χ1n) is 3.27. The van der Waals surface area contributed by atoms with Crippen molar-refractivity contribution in [3.63, 3.8) is 0 Å². The molecule has 12 heavy (non-hydrogen) atoms. The average Bonchev–Trinajstić information content (AvgIpc) is 2.61. The summed E-state index contributed by atoms with van der Waals surface area (Å²) >= 11 is 6.53. The molecule has 0 saturated heterocycles. The lowest BCUT2D eigenvalue weighted by Crippen LogP contribution is -1.81. The molecule has 0 bridgehead atoms. The fourth-order valence-corrected chi connectivity index (χ4v) is 3.07.